The zero-order valence-corrected chi connectivity index (χ0v) is 10.7. The minimum Gasteiger partial charge on any atom is -0.399 e. The lowest BCUT2D eigenvalue weighted by Gasteiger charge is -2.05. The van der Waals surface area contributed by atoms with Crippen molar-refractivity contribution in [3.8, 4) is 0 Å². The van der Waals surface area contributed by atoms with Crippen LogP contribution in [0.3, 0.4) is 0 Å². The van der Waals surface area contributed by atoms with Gasteiger partial charge in [0.1, 0.15) is 10.4 Å². The molecule has 0 saturated carbocycles. The summed E-state index contributed by atoms with van der Waals surface area (Å²) in [4.78, 5) is 15.8. The van der Waals surface area contributed by atoms with Crippen LogP contribution in [0.5, 0.6) is 0 Å². The molecule has 2 rings (SSSR count). The lowest BCUT2D eigenvalue weighted by Crippen LogP contribution is -2.12. The highest BCUT2D eigenvalue weighted by Crippen LogP contribution is 2.14. The summed E-state index contributed by atoms with van der Waals surface area (Å²) in [6.45, 7) is 0. The second kappa shape index (κ2) is 5.14. The Hall–Kier alpha value is -1.95. The summed E-state index contributed by atoms with van der Waals surface area (Å²) in [5.74, 6) is -0.987. The summed E-state index contributed by atoms with van der Waals surface area (Å²) >= 11 is 3.19. The Morgan fingerprint density at radius 2 is 2.11 bits per heavy atom. The number of hydrogen-bond acceptors (Lipinski definition) is 3. The molecular weight excluding hydrogens is 301 g/mol. The monoisotopic (exact) mass is 309 g/mol. The van der Waals surface area contributed by atoms with E-state index in [1.165, 1.54) is 12.3 Å². The fourth-order valence-corrected chi connectivity index (χ4v) is 1.63. The van der Waals surface area contributed by atoms with E-state index in [-0.39, 0.29) is 11.3 Å². The largest absolute Gasteiger partial charge is 0.399 e. The average Bonchev–Trinajstić information content (AvgIpc) is 2.31. The highest BCUT2D eigenvalue weighted by atomic mass is 79.9. The Bertz CT molecular complexity index is 566. The Balaban J connectivity index is 2.19. The molecule has 1 heterocycles. The van der Waals surface area contributed by atoms with Gasteiger partial charge in [-0.05, 0) is 46.3 Å². The van der Waals surface area contributed by atoms with Gasteiger partial charge in [-0.15, -0.1) is 0 Å². The van der Waals surface area contributed by atoms with Crippen molar-refractivity contribution in [2.24, 2.45) is 0 Å². The molecule has 0 aliphatic rings. The molecule has 0 aliphatic heterocycles. The zero-order valence-electron chi connectivity index (χ0n) is 9.15. The number of anilines is 2. The number of aromatic nitrogens is 1. The number of nitrogens with zero attached hydrogens (tertiary/aromatic N) is 1. The van der Waals surface area contributed by atoms with Crippen molar-refractivity contribution in [3.63, 3.8) is 0 Å². The summed E-state index contributed by atoms with van der Waals surface area (Å²) in [6, 6.07) is 7.05. The van der Waals surface area contributed by atoms with Crippen LogP contribution < -0.4 is 11.1 Å². The first kappa shape index (κ1) is 12.5. The van der Waals surface area contributed by atoms with E-state index < -0.39 is 11.7 Å². The highest BCUT2D eigenvalue weighted by Gasteiger charge is 2.08. The van der Waals surface area contributed by atoms with Crippen LogP contribution in [0.4, 0.5) is 15.8 Å². The standard InChI is InChI=1S/C12H9BrFN3O/c13-11-2-1-10(6-16-11)17-12(18)7-3-8(14)5-9(15)4-7/h1-6H,15H2,(H,17,18). The van der Waals surface area contributed by atoms with Crippen LogP contribution in [0.1, 0.15) is 10.4 Å². The molecule has 6 heteroatoms. The maximum Gasteiger partial charge on any atom is 0.255 e. The van der Waals surface area contributed by atoms with E-state index in [2.05, 4.69) is 26.2 Å². The number of rotatable bonds is 2. The van der Waals surface area contributed by atoms with Gasteiger partial charge in [0.05, 0.1) is 11.9 Å². The van der Waals surface area contributed by atoms with Crippen molar-refractivity contribution in [3.05, 3.63) is 52.5 Å². The van der Waals surface area contributed by atoms with Gasteiger partial charge in [0, 0.05) is 11.3 Å². The molecule has 0 unspecified atom stereocenters. The molecule has 0 saturated heterocycles. The van der Waals surface area contributed by atoms with Crippen LogP contribution in [-0.2, 0) is 0 Å². The van der Waals surface area contributed by atoms with Crippen molar-refractivity contribution in [2.45, 2.75) is 0 Å². The first-order chi connectivity index (χ1) is 8.54. The van der Waals surface area contributed by atoms with E-state index in [1.54, 1.807) is 12.1 Å². The Morgan fingerprint density at radius 1 is 1.33 bits per heavy atom. The van der Waals surface area contributed by atoms with E-state index in [0.717, 1.165) is 12.1 Å². The fraction of sp³-hybridized carbons (Fsp3) is 0. The molecule has 0 aliphatic carbocycles. The summed E-state index contributed by atoms with van der Waals surface area (Å²) in [5.41, 5.74) is 6.36. The predicted octanol–water partition coefficient (Wildman–Crippen LogP) is 2.82. The molecule has 1 amide bonds. The molecular formula is C12H9BrFN3O. The number of nitrogen functional groups attached to an aromatic ring is 1. The smallest absolute Gasteiger partial charge is 0.255 e. The van der Waals surface area contributed by atoms with Crippen molar-refractivity contribution >= 4 is 33.2 Å². The van der Waals surface area contributed by atoms with Crippen LogP contribution in [0.25, 0.3) is 0 Å². The summed E-state index contributed by atoms with van der Waals surface area (Å²) in [7, 11) is 0. The van der Waals surface area contributed by atoms with Crippen molar-refractivity contribution in [1.29, 1.82) is 0 Å². The number of nitrogens with two attached hydrogens (primary N) is 1. The molecule has 0 bridgehead atoms. The predicted molar refractivity (Wildman–Crippen MR) is 70.7 cm³/mol. The quantitative estimate of drug-likeness (QED) is 0.662. The minimum absolute atomic E-state index is 0.162. The van der Waals surface area contributed by atoms with Gasteiger partial charge in [-0.1, -0.05) is 0 Å². The van der Waals surface area contributed by atoms with E-state index in [9.17, 15) is 9.18 Å². The van der Waals surface area contributed by atoms with E-state index >= 15 is 0 Å². The highest BCUT2D eigenvalue weighted by molar-refractivity contribution is 9.10. The minimum atomic E-state index is -0.547. The number of hydrogen-bond donors (Lipinski definition) is 2. The molecule has 92 valence electrons. The second-order valence-corrected chi connectivity index (χ2v) is 4.41. The molecule has 0 spiro atoms. The molecule has 0 fully saturated rings. The third kappa shape index (κ3) is 3.04. The van der Waals surface area contributed by atoms with Crippen LogP contribution >= 0.6 is 15.9 Å². The molecule has 0 radical (unpaired) electrons. The van der Waals surface area contributed by atoms with Crippen LogP contribution in [0.15, 0.2) is 41.1 Å². The van der Waals surface area contributed by atoms with Crippen LogP contribution in [0.2, 0.25) is 0 Å². The first-order valence-electron chi connectivity index (χ1n) is 5.03. The SMILES string of the molecule is Nc1cc(F)cc(C(=O)Nc2ccc(Br)nc2)c1. The first-order valence-corrected chi connectivity index (χ1v) is 5.83. The second-order valence-electron chi connectivity index (χ2n) is 3.60. The number of nitrogens with one attached hydrogen (secondary N) is 1. The lowest BCUT2D eigenvalue weighted by molar-refractivity contribution is 0.102. The average molecular weight is 310 g/mol. The number of amides is 1. The summed E-state index contributed by atoms with van der Waals surface area (Å²) in [6.07, 6.45) is 1.49. The Kier molecular flexibility index (Phi) is 3.57. The molecule has 2 aromatic rings. The number of pyridine rings is 1. The summed E-state index contributed by atoms with van der Waals surface area (Å²) < 4.78 is 13.8. The van der Waals surface area contributed by atoms with Gasteiger partial charge in [-0.3, -0.25) is 4.79 Å². The van der Waals surface area contributed by atoms with Gasteiger partial charge in [-0.2, -0.15) is 0 Å². The van der Waals surface area contributed by atoms with Gasteiger partial charge in [-0.25, -0.2) is 9.37 Å². The molecule has 4 nitrogen and oxygen atoms in total. The van der Waals surface area contributed by atoms with E-state index in [1.807, 2.05) is 0 Å². The van der Waals surface area contributed by atoms with Crippen molar-refractivity contribution < 1.29 is 9.18 Å². The van der Waals surface area contributed by atoms with Crippen LogP contribution in [0, 0.1) is 5.82 Å². The third-order valence-electron chi connectivity index (χ3n) is 2.17. The molecule has 1 aromatic carbocycles. The van der Waals surface area contributed by atoms with Crippen molar-refractivity contribution in [2.75, 3.05) is 11.1 Å². The van der Waals surface area contributed by atoms with Gasteiger partial charge in [0.25, 0.3) is 5.91 Å². The number of carbonyl (C=O) groups excluding carboxylic acids is 1. The van der Waals surface area contributed by atoms with Crippen LogP contribution in [-0.4, -0.2) is 10.9 Å². The number of carbonyl (C=O) groups is 1. The Labute approximate surface area is 111 Å². The number of halogens is 2. The molecule has 3 N–H and O–H groups in total. The van der Waals surface area contributed by atoms with Gasteiger partial charge in [0.2, 0.25) is 0 Å². The molecule has 18 heavy (non-hydrogen) atoms. The molecule has 0 atom stereocenters. The number of benzene rings is 1. The lowest BCUT2D eigenvalue weighted by atomic mass is 10.2. The fourth-order valence-electron chi connectivity index (χ4n) is 1.40. The third-order valence-corrected chi connectivity index (χ3v) is 2.64. The normalized spacial score (nSPS) is 10.1. The van der Waals surface area contributed by atoms with Gasteiger partial charge in [0.15, 0.2) is 0 Å². The van der Waals surface area contributed by atoms with Gasteiger partial charge >= 0.3 is 0 Å². The summed E-state index contributed by atoms with van der Waals surface area (Å²) in [5, 5.41) is 2.60. The molecule has 1 aromatic heterocycles. The maximum atomic E-state index is 13.1. The zero-order chi connectivity index (χ0) is 13.1. The topological polar surface area (TPSA) is 68.0 Å². The van der Waals surface area contributed by atoms with Crippen molar-refractivity contribution in [1.82, 2.24) is 4.98 Å². The van der Waals surface area contributed by atoms with E-state index in [4.69, 9.17) is 5.73 Å². The Morgan fingerprint density at radius 3 is 2.72 bits per heavy atom. The van der Waals surface area contributed by atoms with Gasteiger partial charge < -0.3 is 11.1 Å². The maximum absolute atomic E-state index is 13.1. The van der Waals surface area contributed by atoms with E-state index in [0.29, 0.717) is 10.3 Å².